The van der Waals surface area contributed by atoms with Gasteiger partial charge in [-0.2, -0.15) is 5.10 Å². The summed E-state index contributed by atoms with van der Waals surface area (Å²) in [6.45, 7) is 5.23. The predicted octanol–water partition coefficient (Wildman–Crippen LogP) is 4.47. The molecule has 0 saturated carbocycles. The number of halogens is 1. The molecule has 0 unspecified atom stereocenters. The van der Waals surface area contributed by atoms with Crippen LogP contribution in [0.1, 0.15) is 47.4 Å². The number of rotatable bonds is 7. The Balaban J connectivity index is 1.32. The second-order valence-electron chi connectivity index (χ2n) is 11.4. The normalized spacial score (nSPS) is 13.8. The van der Waals surface area contributed by atoms with Gasteiger partial charge in [0.05, 0.1) is 18.8 Å². The van der Waals surface area contributed by atoms with E-state index in [1.165, 1.54) is 0 Å². The van der Waals surface area contributed by atoms with E-state index in [1.54, 1.807) is 56.0 Å². The predicted molar refractivity (Wildman–Crippen MR) is 173 cm³/mol. The molecule has 0 bridgehead atoms. The van der Waals surface area contributed by atoms with Gasteiger partial charge in [-0.1, -0.05) is 23.2 Å². The maximum atomic E-state index is 13.7. The van der Waals surface area contributed by atoms with E-state index in [0.717, 1.165) is 40.4 Å². The average Bonchev–Trinajstić information content (AvgIpc) is 3.49. The largest absolute Gasteiger partial charge is 0.491 e. The molecule has 2 amide bonds. The van der Waals surface area contributed by atoms with Crippen molar-refractivity contribution in [3.05, 3.63) is 81.1 Å². The lowest BCUT2D eigenvalue weighted by Gasteiger charge is -2.31. The summed E-state index contributed by atoms with van der Waals surface area (Å²) in [7, 11) is 3.35. The molecule has 1 fully saturated rings. The summed E-state index contributed by atoms with van der Waals surface area (Å²) in [6.07, 6.45) is 5.50. The van der Waals surface area contributed by atoms with Crippen LogP contribution in [-0.4, -0.2) is 67.8 Å². The topological polar surface area (TPSA) is 124 Å². The Kier molecular flexibility index (Phi) is 8.28. The Labute approximate surface area is 264 Å². The van der Waals surface area contributed by atoms with Crippen LogP contribution in [0.5, 0.6) is 5.75 Å². The highest BCUT2D eigenvalue weighted by molar-refractivity contribution is 6.29. The Morgan fingerprint density at radius 3 is 2.56 bits per heavy atom. The van der Waals surface area contributed by atoms with E-state index in [2.05, 4.69) is 21.4 Å². The van der Waals surface area contributed by atoms with Crippen molar-refractivity contribution in [3.63, 3.8) is 0 Å². The number of hydrogen-bond acceptors (Lipinski definition) is 7. The summed E-state index contributed by atoms with van der Waals surface area (Å²) >= 11 is 6.24. The van der Waals surface area contributed by atoms with Crippen LogP contribution in [-0.2, 0) is 18.3 Å². The fraction of sp³-hybridized carbons (Fsp3) is 0.333. The smallest absolute Gasteiger partial charge is 0.269 e. The Bertz CT molecular complexity index is 1990. The van der Waals surface area contributed by atoms with Crippen molar-refractivity contribution < 1.29 is 14.3 Å². The van der Waals surface area contributed by atoms with Crippen molar-refractivity contribution in [1.29, 1.82) is 0 Å². The molecule has 0 radical (unpaired) electrons. The first-order chi connectivity index (χ1) is 21.7. The van der Waals surface area contributed by atoms with E-state index in [9.17, 15) is 14.4 Å². The van der Waals surface area contributed by atoms with Crippen LogP contribution in [0, 0.1) is 6.92 Å². The van der Waals surface area contributed by atoms with Crippen molar-refractivity contribution in [1.82, 2.24) is 34.5 Å². The van der Waals surface area contributed by atoms with Crippen LogP contribution < -0.4 is 15.6 Å². The van der Waals surface area contributed by atoms with E-state index in [-0.39, 0.29) is 23.4 Å². The molecule has 232 valence electrons. The van der Waals surface area contributed by atoms with Crippen molar-refractivity contribution in [3.8, 4) is 17.0 Å². The van der Waals surface area contributed by atoms with Gasteiger partial charge >= 0.3 is 0 Å². The average molecular weight is 628 g/mol. The van der Waals surface area contributed by atoms with Crippen LogP contribution in [0.25, 0.3) is 33.1 Å². The molecule has 1 aliphatic heterocycles. The third-order valence-electron chi connectivity index (χ3n) is 8.46. The third kappa shape index (κ3) is 5.75. The SMILES string of the molecule is CNC(=O)c1ccc(-c2nc(Cl)ccc2OCCc2cc(C)cc3c(=O)n(C)c4c(cnn4C4CCN(C(C)=O)CC4)c23)cn1. The van der Waals surface area contributed by atoms with Crippen LogP contribution in [0.4, 0.5) is 0 Å². The number of carbonyl (C=O) groups is 2. The molecule has 6 rings (SSSR count). The van der Waals surface area contributed by atoms with Gasteiger partial charge in [0, 0.05) is 68.4 Å². The number of likely N-dealkylation sites (tertiary alicyclic amines) is 1. The van der Waals surface area contributed by atoms with Gasteiger partial charge in [-0.25, -0.2) is 9.67 Å². The number of carbonyl (C=O) groups excluding carboxylic acids is 2. The molecule has 11 nitrogen and oxygen atoms in total. The molecule has 45 heavy (non-hydrogen) atoms. The number of hydrogen-bond donors (Lipinski definition) is 1. The van der Waals surface area contributed by atoms with Crippen molar-refractivity contribution in [2.45, 2.75) is 39.2 Å². The fourth-order valence-corrected chi connectivity index (χ4v) is 6.34. The molecule has 0 spiro atoms. The van der Waals surface area contributed by atoms with Gasteiger partial charge in [-0.15, -0.1) is 0 Å². The molecule has 0 aliphatic carbocycles. The highest BCUT2D eigenvalue weighted by Crippen LogP contribution is 2.33. The Morgan fingerprint density at radius 2 is 1.87 bits per heavy atom. The minimum Gasteiger partial charge on any atom is -0.491 e. The Hall–Kier alpha value is -4.77. The first-order valence-corrected chi connectivity index (χ1v) is 15.3. The monoisotopic (exact) mass is 627 g/mol. The number of aryl methyl sites for hydroxylation is 2. The zero-order valence-corrected chi connectivity index (χ0v) is 26.4. The van der Waals surface area contributed by atoms with Crippen LogP contribution >= 0.6 is 11.6 Å². The maximum absolute atomic E-state index is 13.7. The number of ether oxygens (including phenoxy) is 1. The lowest BCUT2D eigenvalue weighted by Crippen LogP contribution is -2.38. The van der Waals surface area contributed by atoms with Gasteiger partial charge in [-0.05, 0) is 55.7 Å². The van der Waals surface area contributed by atoms with Crippen molar-refractivity contribution in [2.75, 3.05) is 26.7 Å². The number of piperidine rings is 1. The summed E-state index contributed by atoms with van der Waals surface area (Å²) in [5.41, 5.74) is 4.13. The summed E-state index contributed by atoms with van der Waals surface area (Å²) in [5.74, 6) is 0.323. The van der Waals surface area contributed by atoms with Crippen molar-refractivity contribution >= 4 is 45.2 Å². The van der Waals surface area contributed by atoms with Gasteiger partial charge < -0.3 is 15.0 Å². The van der Waals surface area contributed by atoms with Crippen molar-refractivity contribution in [2.24, 2.45) is 7.05 Å². The lowest BCUT2D eigenvalue weighted by molar-refractivity contribution is -0.130. The van der Waals surface area contributed by atoms with Gasteiger partial charge in [-0.3, -0.25) is 23.9 Å². The fourth-order valence-electron chi connectivity index (χ4n) is 6.19. The Morgan fingerprint density at radius 1 is 1.09 bits per heavy atom. The minimum atomic E-state index is -0.282. The number of nitrogens with zero attached hydrogens (tertiary/aromatic N) is 6. The second kappa shape index (κ2) is 12.3. The number of nitrogens with one attached hydrogen (secondary N) is 1. The number of amides is 2. The molecule has 4 aromatic heterocycles. The zero-order valence-electron chi connectivity index (χ0n) is 25.6. The molecule has 12 heteroatoms. The quantitative estimate of drug-likeness (QED) is 0.264. The summed E-state index contributed by atoms with van der Waals surface area (Å²) in [4.78, 5) is 48.1. The zero-order chi connectivity index (χ0) is 31.8. The van der Waals surface area contributed by atoms with E-state index in [0.29, 0.717) is 59.4 Å². The highest BCUT2D eigenvalue weighted by Gasteiger charge is 2.26. The highest BCUT2D eigenvalue weighted by atomic mass is 35.5. The van der Waals surface area contributed by atoms with E-state index >= 15 is 0 Å². The van der Waals surface area contributed by atoms with E-state index in [1.807, 2.05) is 28.8 Å². The lowest BCUT2D eigenvalue weighted by atomic mass is 9.98. The first kappa shape index (κ1) is 30.3. The third-order valence-corrected chi connectivity index (χ3v) is 8.67. The molecule has 1 N–H and O–H groups in total. The second-order valence-corrected chi connectivity index (χ2v) is 11.8. The minimum absolute atomic E-state index is 0.0801. The number of fused-ring (bicyclic) bond motifs is 3. The van der Waals surface area contributed by atoms with Crippen LogP contribution in [0.15, 0.2) is 53.6 Å². The number of benzene rings is 1. The van der Waals surface area contributed by atoms with E-state index < -0.39 is 0 Å². The number of pyridine rings is 3. The van der Waals surface area contributed by atoms with Crippen LogP contribution in [0.2, 0.25) is 5.15 Å². The molecule has 1 saturated heterocycles. The molecule has 1 aliphatic rings. The molecule has 5 heterocycles. The van der Waals surface area contributed by atoms with E-state index in [4.69, 9.17) is 21.4 Å². The van der Waals surface area contributed by atoms with Gasteiger partial charge in [0.15, 0.2) is 0 Å². The molecular formula is C33H34ClN7O4. The standard InChI is InChI=1S/C33H34ClN7O4/c1-19-15-21(11-14-45-27-7-8-28(34)38-30(27)22-5-6-26(36-17-22)31(43)35-3)29-24(16-19)33(44)39(4)32-25(29)18-37-41(32)23-9-12-40(13-10-23)20(2)42/h5-8,15-18,23H,9-14H2,1-4H3,(H,35,43). The van der Waals surface area contributed by atoms with Gasteiger partial charge in [0.1, 0.15) is 27.9 Å². The first-order valence-electron chi connectivity index (χ1n) is 14.9. The molecule has 1 aromatic carbocycles. The molecule has 5 aromatic rings. The maximum Gasteiger partial charge on any atom is 0.269 e. The number of aromatic nitrogens is 5. The summed E-state index contributed by atoms with van der Waals surface area (Å²) in [5, 5.41) is 10.1. The summed E-state index contributed by atoms with van der Waals surface area (Å²) < 4.78 is 9.92. The molecule has 0 atom stereocenters. The summed E-state index contributed by atoms with van der Waals surface area (Å²) in [6, 6.07) is 10.9. The molecular weight excluding hydrogens is 594 g/mol. The van der Waals surface area contributed by atoms with Crippen LogP contribution in [0.3, 0.4) is 0 Å². The van der Waals surface area contributed by atoms with Gasteiger partial charge in [0.2, 0.25) is 5.91 Å². The van der Waals surface area contributed by atoms with Gasteiger partial charge in [0.25, 0.3) is 11.5 Å².